The van der Waals surface area contributed by atoms with Crippen molar-refractivity contribution in [3.05, 3.63) is 37.0 Å². The van der Waals surface area contributed by atoms with Crippen LogP contribution in [-0.4, -0.2) is 44.8 Å². The van der Waals surface area contributed by atoms with Crippen LogP contribution in [0.25, 0.3) is 0 Å². The number of carbonyl (C=O) groups is 3. The van der Waals surface area contributed by atoms with Gasteiger partial charge < -0.3 is 19.9 Å². The standard InChI is InChI=1S/C9H17NO2.2C5H8O2/c1-7(9(2,3)4)8(11)12-6-5-10;1-4(2)5(6)7-3;1-3-5(6)7-4-2/h1,5-6,10H2,2-4H3;1H2,2-3H3;3H,1,4H2,2H3. The van der Waals surface area contributed by atoms with Crippen LogP contribution in [0.2, 0.25) is 0 Å². The van der Waals surface area contributed by atoms with Crippen LogP contribution in [-0.2, 0) is 28.6 Å². The minimum absolute atomic E-state index is 0.230. The van der Waals surface area contributed by atoms with E-state index in [2.05, 4.69) is 29.2 Å². The van der Waals surface area contributed by atoms with E-state index in [-0.39, 0.29) is 29.9 Å². The molecule has 0 bridgehead atoms. The zero-order chi connectivity index (χ0) is 21.3. The number of hydrogen-bond acceptors (Lipinski definition) is 7. The first-order valence-corrected chi connectivity index (χ1v) is 7.98. The topological polar surface area (TPSA) is 105 Å². The van der Waals surface area contributed by atoms with Gasteiger partial charge in [-0.15, -0.1) is 0 Å². The Labute approximate surface area is 156 Å². The third kappa shape index (κ3) is 17.9. The summed E-state index contributed by atoms with van der Waals surface area (Å²) in [6.45, 7) is 20.4. The van der Waals surface area contributed by atoms with Gasteiger partial charge >= 0.3 is 17.9 Å². The Morgan fingerprint density at radius 1 is 1.08 bits per heavy atom. The van der Waals surface area contributed by atoms with Gasteiger partial charge in [0.1, 0.15) is 6.61 Å². The van der Waals surface area contributed by atoms with Gasteiger partial charge in [-0.25, -0.2) is 14.4 Å². The van der Waals surface area contributed by atoms with Gasteiger partial charge in [0.25, 0.3) is 0 Å². The van der Waals surface area contributed by atoms with Crippen LogP contribution < -0.4 is 5.73 Å². The van der Waals surface area contributed by atoms with Crippen molar-refractivity contribution < 1.29 is 28.6 Å². The molecule has 0 fully saturated rings. The fraction of sp³-hybridized carbons (Fsp3) is 0.526. The second kappa shape index (κ2) is 16.1. The lowest BCUT2D eigenvalue weighted by Gasteiger charge is -2.19. The highest BCUT2D eigenvalue weighted by Crippen LogP contribution is 2.24. The van der Waals surface area contributed by atoms with Gasteiger partial charge in [0.05, 0.1) is 13.7 Å². The van der Waals surface area contributed by atoms with Crippen molar-refractivity contribution in [3.63, 3.8) is 0 Å². The highest BCUT2D eigenvalue weighted by atomic mass is 16.5. The summed E-state index contributed by atoms with van der Waals surface area (Å²) in [5.41, 5.74) is 5.86. The number of rotatable bonds is 6. The van der Waals surface area contributed by atoms with Gasteiger partial charge in [0.15, 0.2) is 0 Å². The molecule has 0 unspecified atom stereocenters. The third-order valence-corrected chi connectivity index (χ3v) is 2.49. The molecule has 0 aliphatic carbocycles. The Morgan fingerprint density at radius 2 is 1.58 bits per heavy atom. The van der Waals surface area contributed by atoms with Gasteiger partial charge in [0, 0.05) is 23.8 Å². The molecule has 0 aromatic heterocycles. The summed E-state index contributed by atoms with van der Waals surface area (Å²) in [4.78, 5) is 31.4. The van der Waals surface area contributed by atoms with E-state index in [0.717, 1.165) is 6.08 Å². The molecule has 0 aliphatic rings. The summed E-state index contributed by atoms with van der Waals surface area (Å²) in [5.74, 6) is -1.06. The first-order chi connectivity index (χ1) is 11.9. The maximum Gasteiger partial charge on any atom is 0.333 e. The largest absolute Gasteiger partial charge is 0.466 e. The molecular weight excluding hydrogens is 338 g/mol. The van der Waals surface area contributed by atoms with Crippen LogP contribution in [0.3, 0.4) is 0 Å². The first-order valence-electron chi connectivity index (χ1n) is 7.98. The molecule has 0 radical (unpaired) electrons. The predicted octanol–water partition coefficient (Wildman–Crippen LogP) is 2.56. The molecule has 0 aliphatic heterocycles. The molecule has 0 aromatic carbocycles. The Hall–Kier alpha value is -2.41. The van der Waals surface area contributed by atoms with Crippen molar-refractivity contribution in [2.75, 3.05) is 26.9 Å². The Morgan fingerprint density at radius 3 is 1.77 bits per heavy atom. The third-order valence-electron chi connectivity index (χ3n) is 2.49. The van der Waals surface area contributed by atoms with Gasteiger partial charge in [-0.05, 0) is 19.3 Å². The lowest BCUT2D eigenvalue weighted by Crippen LogP contribution is -2.21. The van der Waals surface area contributed by atoms with Crippen molar-refractivity contribution >= 4 is 17.9 Å². The summed E-state index contributed by atoms with van der Waals surface area (Å²) in [6, 6.07) is 0. The maximum absolute atomic E-state index is 11.2. The van der Waals surface area contributed by atoms with E-state index in [1.165, 1.54) is 7.11 Å². The van der Waals surface area contributed by atoms with Gasteiger partial charge in [-0.3, -0.25) is 0 Å². The Bertz CT molecular complexity index is 487. The van der Waals surface area contributed by atoms with Gasteiger partial charge in [-0.1, -0.05) is 40.5 Å². The van der Waals surface area contributed by atoms with Gasteiger partial charge in [-0.2, -0.15) is 0 Å². The normalized spacial score (nSPS) is 9.19. The van der Waals surface area contributed by atoms with Gasteiger partial charge in [0.2, 0.25) is 0 Å². The lowest BCUT2D eigenvalue weighted by molar-refractivity contribution is -0.140. The van der Waals surface area contributed by atoms with E-state index in [1.807, 2.05) is 20.8 Å². The molecule has 7 nitrogen and oxygen atoms in total. The second-order valence-corrected chi connectivity index (χ2v) is 5.88. The molecule has 0 saturated heterocycles. The molecule has 0 spiro atoms. The van der Waals surface area contributed by atoms with Crippen LogP contribution in [0.1, 0.15) is 34.6 Å². The van der Waals surface area contributed by atoms with Crippen LogP contribution in [0.5, 0.6) is 0 Å². The second-order valence-electron chi connectivity index (χ2n) is 5.88. The number of esters is 3. The highest BCUT2D eigenvalue weighted by Gasteiger charge is 2.22. The zero-order valence-corrected chi connectivity index (χ0v) is 16.8. The average Bonchev–Trinajstić information content (AvgIpc) is 2.58. The van der Waals surface area contributed by atoms with Crippen molar-refractivity contribution in [3.8, 4) is 0 Å². The lowest BCUT2D eigenvalue weighted by atomic mass is 9.88. The van der Waals surface area contributed by atoms with Crippen molar-refractivity contribution in [1.29, 1.82) is 0 Å². The number of carbonyl (C=O) groups excluding carboxylic acids is 3. The number of ether oxygens (including phenoxy) is 3. The van der Waals surface area contributed by atoms with Crippen molar-refractivity contribution in [2.45, 2.75) is 34.6 Å². The van der Waals surface area contributed by atoms with Crippen LogP contribution in [0.4, 0.5) is 0 Å². The van der Waals surface area contributed by atoms with E-state index < -0.39 is 0 Å². The molecular formula is C19H33NO6. The molecule has 0 amide bonds. The molecule has 0 saturated carbocycles. The molecule has 150 valence electrons. The first kappa shape index (κ1) is 28.4. The minimum atomic E-state index is -0.359. The smallest absolute Gasteiger partial charge is 0.333 e. The summed E-state index contributed by atoms with van der Waals surface area (Å²) in [7, 11) is 1.33. The molecule has 26 heavy (non-hydrogen) atoms. The fourth-order valence-corrected chi connectivity index (χ4v) is 0.920. The number of nitrogens with two attached hydrogens (primary N) is 1. The van der Waals surface area contributed by atoms with Crippen molar-refractivity contribution in [2.24, 2.45) is 11.1 Å². The van der Waals surface area contributed by atoms with E-state index in [9.17, 15) is 14.4 Å². The summed E-state index contributed by atoms with van der Waals surface area (Å²) in [6.07, 6.45) is 1.14. The van der Waals surface area contributed by atoms with E-state index in [1.54, 1.807) is 13.8 Å². The molecule has 2 N–H and O–H groups in total. The summed E-state index contributed by atoms with van der Waals surface area (Å²) in [5, 5.41) is 0. The molecule has 0 atom stereocenters. The quantitative estimate of drug-likeness (QED) is 0.434. The monoisotopic (exact) mass is 371 g/mol. The number of methoxy groups -OCH3 is 1. The fourth-order valence-electron chi connectivity index (χ4n) is 0.920. The van der Waals surface area contributed by atoms with E-state index in [0.29, 0.717) is 24.3 Å². The predicted molar refractivity (Wildman–Crippen MR) is 102 cm³/mol. The Balaban J connectivity index is -0.000000326. The van der Waals surface area contributed by atoms with E-state index >= 15 is 0 Å². The summed E-state index contributed by atoms with van der Waals surface area (Å²) < 4.78 is 13.5. The minimum Gasteiger partial charge on any atom is -0.466 e. The Kier molecular flexibility index (Phi) is 17.6. The zero-order valence-electron chi connectivity index (χ0n) is 16.8. The summed E-state index contributed by atoms with van der Waals surface area (Å²) >= 11 is 0. The van der Waals surface area contributed by atoms with E-state index in [4.69, 9.17) is 10.5 Å². The highest BCUT2D eigenvalue weighted by molar-refractivity contribution is 5.89. The average molecular weight is 371 g/mol. The van der Waals surface area contributed by atoms with Crippen molar-refractivity contribution in [1.82, 2.24) is 0 Å². The van der Waals surface area contributed by atoms with Crippen LogP contribution in [0.15, 0.2) is 37.0 Å². The molecule has 0 rings (SSSR count). The van der Waals surface area contributed by atoms with Crippen LogP contribution in [0, 0.1) is 5.41 Å². The van der Waals surface area contributed by atoms with Crippen LogP contribution >= 0.6 is 0 Å². The SMILES string of the molecule is C=C(C(=O)OCCN)C(C)(C)C.C=C(C)C(=O)OC.C=CC(=O)OCC. The molecule has 7 heteroatoms. The molecule has 0 aromatic rings. The number of hydrogen-bond donors (Lipinski definition) is 1. The maximum atomic E-state index is 11.2. The molecule has 0 heterocycles.